The lowest BCUT2D eigenvalue weighted by atomic mass is 10.1. The Morgan fingerprint density at radius 1 is 0.710 bits per heavy atom. The molecule has 15 heteroatoms. The van der Waals surface area contributed by atoms with E-state index in [2.05, 4.69) is 41.2 Å². The van der Waals surface area contributed by atoms with Crippen LogP contribution in [-0.4, -0.2) is 76.3 Å². The number of thiol groups is 2. The van der Waals surface area contributed by atoms with Gasteiger partial charge in [0.1, 0.15) is 18.1 Å². The lowest BCUT2D eigenvalue weighted by Gasteiger charge is -2.24. The molecular formula is C16H28N6O7S2. The Hall–Kier alpha value is -2.52. The number of primary amides is 2. The summed E-state index contributed by atoms with van der Waals surface area (Å²) in [6.07, 6.45) is -0.976. The third-order valence-corrected chi connectivity index (χ3v) is 4.71. The van der Waals surface area contributed by atoms with E-state index in [0.717, 1.165) is 0 Å². The number of carbonyl (C=O) groups is 6. The maximum atomic E-state index is 12.7. The average molecular weight is 481 g/mol. The van der Waals surface area contributed by atoms with Crippen LogP contribution in [0.3, 0.4) is 0 Å². The van der Waals surface area contributed by atoms with Crippen molar-refractivity contribution in [1.29, 1.82) is 0 Å². The normalized spacial score (nSPS) is 14.4. The topological polar surface area (TPSA) is 237 Å². The largest absolute Gasteiger partial charge is 0.480 e. The van der Waals surface area contributed by atoms with Crippen LogP contribution in [0.1, 0.15) is 25.7 Å². The number of carboxylic acids is 1. The summed E-state index contributed by atoms with van der Waals surface area (Å²) < 4.78 is 0. The van der Waals surface area contributed by atoms with Crippen molar-refractivity contribution in [2.45, 2.75) is 49.9 Å². The molecule has 0 aromatic heterocycles. The highest BCUT2D eigenvalue weighted by molar-refractivity contribution is 7.80. The first kappa shape index (κ1) is 28.5. The Bertz CT molecular complexity index is 693. The fourth-order valence-electron chi connectivity index (χ4n) is 2.20. The van der Waals surface area contributed by atoms with Crippen molar-refractivity contribution in [1.82, 2.24) is 16.0 Å². The van der Waals surface area contributed by atoms with Gasteiger partial charge < -0.3 is 38.3 Å². The van der Waals surface area contributed by atoms with Crippen LogP contribution in [0.15, 0.2) is 0 Å². The molecule has 31 heavy (non-hydrogen) atoms. The Kier molecular flexibility index (Phi) is 13.3. The number of aliphatic carboxylic acids is 1. The lowest BCUT2D eigenvalue weighted by Crippen LogP contribution is -2.57. The fraction of sp³-hybridized carbons (Fsp3) is 0.625. The summed E-state index contributed by atoms with van der Waals surface area (Å²) in [7, 11) is 0. The molecule has 0 unspecified atom stereocenters. The highest BCUT2D eigenvalue weighted by Gasteiger charge is 2.30. The standard InChI is InChI=1S/C16H28N6O7S2/c17-7(5-30)13(25)20-8(1-3-11(18)23)14(26)21-9(2-4-12(19)24)15(27)22-10(6-31)16(28)29/h7-10,30-31H,1-6,17H2,(H2,18,23)(H2,19,24)(H,20,25)(H,21,26)(H,22,27)(H,28,29)/t7-,8-,9-,10-/m0/s1. The molecule has 13 nitrogen and oxygen atoms in total. The molecule has 0 aliphatic carbocycles. The maximum absolute atomic E-state index is 12.7. The molecule has 0 spiro atoms. The lowest BCUT2D eigenvalue weighted by molar-refractivity contribution is -0.141. The summed E-state index contributed by atoms with van der Waals surface area (Å²) in [5, 5.41) is 15.9. The number of hydrogen-bond acceptors (Lipinski definition) is 9. The molecule has 0 aliphatic heterocycles. The number of carboxylic acid groups (broad SMARTS) is 1. The molecule has 176 valence electrons. The van der Waals surface area contributed by atoms with Gasteiger partial charge in [0.05, 0.1) is 6.04 Å². The first-order valence-corrected chi connectivity index (χ1v) is 10.4. The fourth-order valence-corrected chi connectivity index (χ4v) is 2.62. The van der Waals surface area contributed by atoms with E-state index in [9.17, 15) is 28.8 Å². The minimum absolute atomic E-state index is 0.0139. The van der Waals surface area contributed by atoms with E-state index in [0.29, 0.717) is 0 Å². The summed E-state index contributed by atoms with van der Waals surface area (Å²) in [6, 6.07) is -5.02. The highest BCUT2D eigenvalue weighted by atomic mass is 32.1. The number of amides is 5. The molecule has 0 aromatic carbocycles. The van der Waals surface area contributed by atoms with Gasteiger partial charge in [0, 0.05) is 24.3 Å². The van der Waals surface area contributed by atoms with Gasteiger partial charge >= 0.3 is 5.97 Å². The zero-order valence-electron chi connectivity index (χ0n) is 16.6. The van der Waals surface area contributed by atoms with E-state index in [4.69, 9.17) is 22.3 Å². The molecule has 0 saturated heterocycles. The highest BCUT2D eigenvalue weighted by Crippen LogP contribution is 2.04. The molecule has 0 bridgehead atoms. The van der Waals surface area contributed by atoms with Crippen LogP contribution in [0.5, 0.6) is 0 Å². The average Bonchev–Trinajstić information content (AvgIpc) is 2.70. The smallest absolute Gasteiger partial charge is 0.327 e. The van der Waals surface area contributed by atoms with Crippen LogP contribution >= 0.6 is 25.3 Å². The predicted molar refractivity (Wildman–Crippen MR) is 116 cm³/mol. The molecular weight excluding hydrogens is 452 g/mol. The van der Waals surface area contributed by atoms with Crippen molar-refractivity contribution in [3.63, 3.8) is 0 Å². The van der Waals surface area contributed by atoms with Crippen LogP contribution in [0.25, 0.3) is 0 Å². The van der Waals surface area contributed by atoms with Gasteiger partial charge in [-0.2, -0.15) is 25.3 Å². The number of nitrogens with two attached hydrogens (primary N) is 3. The third kappa shape index (κ3) is 11.4. The molecule has 0 heterocycles. The van der Waals surface area contributed by atoms with E-state index in [-0.39, 0.29) is 37.2 Å². The van der Waals surface area contributed by atoms with Gasteiger partial charge in [-0.1, -0.05) is 0 Å². The maximum Gasteiger partial charge on any atom is 0.327 e. The van der Waals surface area contributed by atoms with Gasteiger partial charge in [0.15, 0.2) is 0 Å². The SMILES string of the molecule is NC(=O)CC[C@H](NC(=O)[C@H](CCC(N)=O)NC(=O)[C@@H](N)CS)C(=O)N[C@@H](CS)C(=O)O. The zero-order valence-corrected chi connectivity index (χ0v) is 18.4. The van der Waals surface area contributed by atoms with Crippen molar-refractivity contribution in [2.24, 2.45) is 17.2 Å². The molecule has 0 saturated carbocycles. The van der Waals surface area contributed by atoms with E-state index in [1.165, 1.54) is 0 Å². The van der Waals surface area contributed by atoms with Crippen LogP contribution in [0.2, 0.25) is 0 Å². The monoisotopic (exact) mass is 480 g/mol. The number of carbonyl (C=O) groups excluding carboxylic acids is 5. The van der Waals surface area contributed by atoms with Crippen LogP contribution in [-0.2, 0) is 28.8 Å². The van der Waals surface area contributed by atoms with Crippen molar-refractivity contribution in [2.75, 3.05) is 11.5 Å². The van der Waals surface area contributed by atoms with Crippen molar-refractivity contribution < 1.29 is 33.9 Å². The Labute approximate surface area is 189 Å². The molecule has 0 rings (SSSR count). The summed E-state index contributed by atoms with van der Waals surface area (Å²) in [5.41, 5.74) is 15.7. The summed E-state index contributed by atoms with van der Waals surface area (Å²) in [6.45, 7) is 0. The second-order valence-electron chi connectivity index (χ2n) is 6.50. The Balaban J connectivity index is 5.48. The number of rotatable bonds is 15. The van der Waals surface area contributed by atoms with E-state index < -0.39 is 59.7 Å². The third-order valence-electron chi connectivity index (χ3n) is 3.96. The predicted octanol–water partition coefficient (Wildman–Crippen LogP) is -3.76. The first-order chi connectivity index (χ1) is 14.4. The molecule has 4 atom stereocenters. The molecule has 0 aromatic rings. The summed E-state index contributed by atoms with van der Waals surface area (Å²) in [4.78, 5) is 70.5. The second kappa shape index (κ2) is 14.5. The van der Waals surface area contributed by atoms with E-state index >= 15 is 0 Å². The molecule has 5 amide bonds. The van der Waals surface area contributed by atoms with Crippen LogP contribution in [0, 0.1) is 0 Å². The zero-order chi connectivity index (χ0) is 24.1. The Morgan fingerprint density at radius 2 is 1.10 bits per heavy atom. The number of nitrogens with one attached hydrogen (secondary N) is 3. The van der Waals surface area contributed by atoms with Gasteiger partial charge in [-0.05, 0) is 12.8 Å². The quantitative estimate of drug-likeness (QED) is 0.105. The minimum Gasteiger partial charge on any atom is -0.480 e. The van der Waals surface area contributed by atoms with Gasteiger partial charge in [-0.15, -0.1) is 0 Å². The molecule has 0 radical (unpaired) electrons. The molecule has 0 fully saturated rings. The van der Waals surface area contributed by atoms with Gasteiger partial charge in [-0.3, -0.25) is 24.0 Å². The minimum atomic E-state index is -1.35. The van der Waals surface area contributed by atoms with Crippen molar-refractivity contribution in [3.05, 3.63) is 0 Å². The molecule has 0 aliphatic rings. The van der Waals surface area contributed by atoms with Crippen molar-refractivity contribution in [3.8, 4) is 0 Å². The number of hydrogen-bond donors (Lipinski definition) is 9. The first-order valence-electron chi connectivity index (χ1n) is 9.10. The Morgan fingerprint density at radius 3 is 1.42 bits per heavy atom. The van der Waals surface area contributed by atoms with Gasteiger partial charge in [-0.25, -0.2) is 4.79 Å². The molecule has 10 N–H and O–H groups in total. The van der Waals surface area contributed by atoms with Gasteiger partial charge in [0.25, 0.3) is 0 Å². The van der Waals surface area contributed by atoms with Gasteiger partial charge in [0.2, 0.25) is 29.5 Å². The summed E-state index contributed by atoms with van der Waals surface area (Å²) in [5.74, 6) is -5.57. The van der Waals surface area contributed by atoms with E-state index in [1.54, 1.807) is 0 Å². The van der Waals surface area contributed by atoms with Crippen LogP contribution < -0.4 is 33.2 Å². The summed E-state index contributed by atoms with van der Waals surface area (Å²) >= 11 is 7.72. The van der Waals surface area contributed by atoms with Crippen LogP contribution in [0.4, 0.5) is 0 Å². The van der Waals surface area contributed by atoms with Crippen molar-refractivity contribution >= 4 is 60.8 Å². The van der Waals surface area contributed by atoms with E-state index in [1.807, 2.05) is 0 Å². The second-order valence-corrected chi connectivity index (χ2v) is 7.23.